The van der Waals surface area contributed by atoms with Crippen molar-refractivity contribution in [3.63, 3.8) is 0 Å². The number of carbonyl (C=O) groups excluding carboxylic acids is 1. The van der Waals surface area contributed by atoms with Gasteiger partial charge in [-0.15, -0.1) is 0 Å². The monoisotopic (exact) mass is 359 g/mol. The summed E-state index contributed by atoms with van der Waals surface area (Å²) in [5, 5.41) is 12.9. The topological polar surface area (TPSA) is 105 Å². The number of nitrogens with zero attached hydrogens (tertiary/aromatic N) is 2. The number of anilines is 1. The van der Waals surface area contributed by atoms with Gasteiger partial charge in [-0.1, -0.05) is 24.3 Å². The molecule has 2 N–H and O–H groups in total. The highest BCUT2D eigenvalue weighted by atomic mass is 16.4. The van der Waals surface area contributed by atoms with Gasteiger partial charge in [-0.05, 0) is 29.8 Å². The number of para-hydroxylation sites is 1. The van der Waals surface area contributed by atoms with Gasteiger partial charge in [0.1, 0.15) is 11.9 Å². The van der Waals surface area contributed by atoms with Gasteiger partial charge in [-0.3, -0.25) is 4.79 Å². The molecule has 0 fully saturated rings. The van der Waals surface area contributed by atoms with Gasteiger partial charge in [-0.2, -0.15) is 0 Å². The summed E-state index contributed by atoms with van der Waals surface area (Å²) in [5.41, 5.74) is 1.20. The van der Waals surface area contributed by atoms with Crippen LogP contribution >= 0.6 is 0 Å². The Balaban J connectivity index is 1.66. The van der Waals surface area contributed by atoms with E-state index in [-0.39, 0.29) is 16.9 Å². The van der Waals surface area contributed by atoms with Gasteiger partial charge < -0.3 is 14.8 Å². The van der Waals surface area contributed by atoms with Crippen LogP contribution < -0.4 is 10.9 Å². The molecule has 2 aromatic carbocycles. The zero-order valence-electron chi connectivity index (χ0n) is 13.9. The number of nitrogens with one attached hydrogen (secondary N) is 1. The van der Waals surface area contributed by atoms with Crippen LogP contribution in [-0.2, 0) is 0 Å². The summed E-state index contributed by atoms with van der Waals surface area (Å²) in [6.45, 7) is 0. The lowest BCUT2D eigenvalue weighted by Gasteiger charge is -2.08. The highest BCUT2D eigenvalue weighted by Crippen LogP contribution is 2.24. The first-order chi connectivity index (χ1) is 13.1. The molecule has 0 saturated carbocycles. The van der Waals surface area contributed by atoms with Crippen LogP contribution in [-0.4, -0.2) is 21.0 Å². The van der Waals surface area contributed by atoms with Crippen molar-refractivity contribution in [3.05, 3.63) is 83.2 Å². The van der Waals surface area contributed by atoms with Crippen molar-refractivity contribution in [1.82, 2.24) is 9.97 Å². The van der Waals surface area contributed by atoms with Gasteiger partial charge >= 0.3 is 5.63 Å². The van der Waals surface area contributed by atoms with E-state index in [1.165, 1.54) is 18.5 Å². The molecule has 0 aliphatic carbocycles. The molecule has 0 spiro atoms. The Hall–Kier alpha value is -4.00. The SMILES string of the molecule is O=C(Nc1cccc(-c2cncnc2)c1)c1cc2cccc(O)c2oc1=O. The second-order valence-corrected chi connectivity index (χ2v) is 5.81. The van der Waals surface area contributed by atoms with E-state index < -0.39 is 11.5 Å². The molecule has 0 unspecified atom stereocenters. The first kappa shape index (κ1) is 16.5. The molecule has 0 bridgehead atoms. The maximum atomic E-state index is 12.6. The van der Waals surface area contributed by atoms with Gasteiger partial charge in [-0.25, -0.2) is 14.8 Å². The molecule has 2 heterocycles. The number of phenols is 1. The van der Waals surface area contributed by atoms with Crippen molar-refractivity contribution in [2.75, 3.05) is 5.32 Å². The number of aromatic hydroxyl groups is 1. The zero-order valence-corrected chi connectivity index (χ0v) is 13.9. The maximum Gasteiger partial charge on any atom is 0.349 e. The number of hydrogen-bond acceptors (Lipinski definition) is 6. The summed E-state index contributed by atoms with van der Waals surface area (Å²) in [4.78, 5) is 32.7. The van der Waals surface area contributed by atoms with E-state index in [1.54, 1.807) is 42.7 Å². The third-order valence-corrected chi connectivity index (χ3v) is 4.00. The van der Waals surface area contributed by atoms with E-state index in [9.17, 15) is 14.7 Å². The van der Waals surface area contributed by atoms with Gasteiger partial charge in [0.2, 0.25) is 0 Å². The molecular weight excluding hydrogens is 346 g/mol. The van der Waals surface area contributed by atoms with E-state index >= 15 is 0 Å². The molecule has 4 rings (SSSR count). The standard InChI is InChI=1S/C20H13N3O4/c24-17-6-2-4-13-8-16(20(26)27-18(13)17)19(25)23-15-5-1-3-12(7-15)14-9-21-11-22-10-14/h1-11,24H,(H,23,25). The van der Waals surface area contributed by atoms with Gasteiger partial charge in [0.25, 0.3) is 5.91 Å². The zero-order chi connectivity index (χ0) is 18.8. The van der Waals surface area contributed by atoms with Crippen molar-refractivity contribution in [1.29, 1.82) is 0 Å². The van der Waals surface area contributed by atoms with Crippen LogP contribution in [0, 0.1) is 0 Å². The first-order valence-corrected chi connectivity index (χ1v) is 8.04. The third kappa shape index (κ3) is 3.25. The molecule has 0 saturated heterocycles. The van der Waals surface area contributed by atoms with E-state index in [1.807, 2.05) is 6.07 Å². The number of amides is 1. The van der Waals surface area contributed by atoms with Gasteiger partial charge in [0.05, 0.1) is 0 Å². The van der Waals surface area contributed by atoms with Crippen LogP contribution in [0.25, 0.3) is 22.1 Å². The quantitative estimate of drug-likeness (QED) is 0.544. The molecule has 2 aromatic heterocycles. The van der Waals surface area contributed by atoms with Crippen LogP contribution in [0.4, 0.5) is 5.69 Å². The molecule has 1 amide bonds. The average molecular weight is 359 g/mol. The van der Waals surface area contributed by atoms with Gasteiger partial charge in [0.15, 0.2) is 11.3 Å². The molecule has 0 aliphatic rings. The summed E-state index contributed by atoms with van der Waals surface area (Å²) >= 11 is 0. The molecule has 0 radical (unpaired) electrons. The summed E-state index contributed by atoms with van der Waals surface area (Å²) in [6.07, 6.45) is 4.77. The largest absolute Gasteiger partial charge is 0.504 e. The molecule has 132 valence electrons. The molecule has 27 heavy (non-hydrogen) atoms. The molecule has 4 aromatic rings. The predicted octanol–water partition coefficient (Wildman–Crippen LogP) is 3.21. The van der Waals surface area contributed by atoms with Gasteiger partial charge in [0, 0.05) is 29.0 Å². The predicted molar refractivity (Wildman–Crippen MR) is 99.6 cm³/mol. The Morgan fingerprint density at radius 1 is 1.00 bits per heavy atom. The number of carbonyl (C=O) groups is 1. The second-order valence-electron chi connectivity index (χ2n) is 5.81. The molecular formula is C20H13N3O4. The third-order valence-electron chi connectivity index (χ3n) is 4.00. The highest BCUT2D eigenvalue weighted by Gasteiger charge is 2.15. The minimum Gasteiger partial charge on any atom is -0.504 e. The summed E-state index contributed by atoms with van der Waals surface area (Å²) in [6, 6.07) is 13.1. The minimum absolute atomic E-state index is 0.0464. The number of rotatable bonds is 3. The number of aromatic nitrogens is 2. The van der Waals surface area contributed by atoms with Crippen LogP contribution in [0.15, 0.2) is 76.5 Å². The average Bonchev–Trinajstić information content (AvgIpc) is 2.69. The van der Waals surface area contributed by atoms with Crippen LogP contribution in [0.5, 0.6) is 5.75 Å². The van der Waals surface area contributed by atoms with Crippen molar-refractivity contribution in [2.24, 2.45) is 0 Å². The van der Waals surface area contributed by atoms with E-state index in [2.05, 4.69) is 15.3 Å². The summed E-state index contributed by atoms with van der Waals surface area (Å²) in [7, 11) is 0. The lowest BCUT2D eigenvalue weighted by Crippen LogP contribution is -2.20. The van der Waals surface area contributed by atoms with E-state index in [0.717, 1.165) is 11.1 Å². The summed E-state index contributed by atoms with van der Waals surface area (Å²) in [5.74, 6) is -0.759. The van der Waals surface area contributed by atoms with E-state index in [4.69, 9.17) is 4.42 Å². The van der Waals surface area contributed by atoms with Crippen LogP contribution in [0.2, 0.25) is 0 Å². The Morgan fingerprint density at radius 3 is 2.59 bits per heavy atom. The number of benzene rings is 2. The molecule has 7 nitrogen and oxygen atoms in total. The minimum atomic E-state index is -0.825. The second kappa shape index (κ2) is 6.72. The number of fused-ring (bicyclic) bond motifs is 1. The highest BCUT2D eigenvalue weighted by molar-refractivity contribution is 6.05. The lowest BCUT2D eigenvalue weighted by molar-refractivity contribution is 0.102. The normalized spacial score (nSPS) is 10.7. The molecule has 0 atom stereocenters. The summed E-state index contributed by atoms with van der Waals surface area (Å²) < 4.78 is 5.09. The molecule has 0 aliphatic heterocycles. The van der Waals surface area contributed by atoms with Crippen LogP contribution in [0.1, 0.15) is 10.4 Å². The molecule has 7 heteroatoms. The van der Waals surface area contributed by atoms with Crippen LogP contribution in [0.3, 0.4) is 0 Å². The van der Waals surface area contributed by atoms with Crippen molar-refractivity contribution >= 4 is 22.6 Å². The lowest BCUT2D eigenvalue weighted by atomic mass is 10.1. The number of phenolic OH excluding ortho intramolecular Hbond substituents is 1. The maximum absolute atomic E-state index is 12.6. The Bertz CT molecular complexity index is 1200. The fourth-order valence-electron chi connectivity index (χ4n) is 2.71. The smallest absolute Gasteiger partial charge is 0.349 e. The fourth-order valence-corrected chi connectivity index (χ4v) is 2.71. The Morgan fingerprint density at radius 2 is 1.78 bits per heavy atom. The van der Waals surface area contributed by atoms with E-state index in [0.29, 0.717) is 11.1 Å². The first-order valence-electron chi connectivity index (χ1n) is 8.04. The van der Waals surface area contributed by atoms with Crippen molar-refractivity contribution < 1.29 is 14.3 Å². The number of hydrogen-bond donors (Lipinski definition) is 2. The van der Waals surface area contributed by atoms with Crippen molar-refractivity contribution in [3.8, 4) is 16.9 Å². The fraction of sp³-hybridized carbons (Fsp3) is 0. The van der Waals surface area contributed by atoms with Crippen molar-refractivity contribution in [2.45, 2.75) is 0 Å². The Labute approximate surface area is 153 Å². The Kier molecular flexibility index (Phi) is 4.10.